The van der Waals surface area contributed by atoms with E-state index in [1.807, 2.05) is 7.05 Å². The summed E-state index contributed by atoms with van der Waals surface area (Å²) < 4.78 is 0. The van der Waals surface area contributed by atoms with E-state index in [2.05, 4.69) is 71.1 Å². The predicted molar refractivity (Wildman–Crippen MR) is 87.8 cm³/mol. The highest BCUT2D eigenvalue weighted by Gasteiger charge is 2.12. The van der Waals surface area contributed by atoms with Gasteiger partial charge in [-0.3, -0.25) is 0 Å². The van der Waals surface area contributed by atoms with Gasteiger partial charge in [-0.15, -0.1) is 0 Å². The van der Waals surface area contributed by atoms with Crippen molar-refractivity contribution in [2.24, 2.45) is 0 Å². The van der Waals surface area contributed by atoms with E-state index in [-0.39, 0.29) is 0 Å². The van der Waals surface area contributed by atoms with Crippen LogP contribution in [0.1, 0.15) is 25.0 Å². The van der Waals surface area contributed by atoms with Gasteiger partial charge < -0.3 is 10.2 Å². The van der Waals surface area contributed by atoms with Gasteiger partial charge >= 0.3 is 0 Å². The monoisotopic (exact) mass is 285 g/mol. The number of hydrogen-bond donors (Lipinski definition) is 1. The van der Waals surface area contributed by atoms with Crippen LogP contribution in [-0.2, 0) is 0 Å². The van der Waals surface area contributed by atoms with Crippen LogP contribution in [0.4, 0.5) is 11.9 Å². The molecule has 0 saturated carbocycles. The van der Waals surface area contributed by atoms with Crippen LogP contribution < -0.4 is 10.2 Å². The number of aromatic nitrogens is 3. The van der Waals surface area contributed by atoms with E-state index in [1.54, 1.807) is 0 Å². The normalized spacial score (nSPS) is 10.5. The Morgan fingerprint density at radius 3 is 2.29 bits per heavy atom. The molecule has 5 nitrogen and oxygen atoms in total. The van der Waals surface area contributed by atoms with Crippen LogP contribution in [0.25, 0.3) is 11.4 Å². The number of rotatable bonds is 5. The molecule has 0 aliphatic carbocycles. The lowest BCUT2D eigenvalue weighted by Gasteiger charge is -2.19. The third kappa shape index (κ3) is 3.29. The summed E-state index contributed by atoms with van der Waals surface area (Å²) in [7, 11) is 1.82. The molecule has 112 valence electrons. The third-order valence-corrected chi connectivity index (χ3v) is 3.66. The van der Waals surface area contributed by atoms with Crippen molar-refractivity contribution in [3.05, 3.63) is 29.3 Å². The van der Waals surface area contributed by atoms with E-state index >= 15 is 0 Å². The molecule has 0 atom stereocenters. The summed E-state index contributed by atoms with van der Waals surface area (Å²) >= 11 is 0. The number of hydrogen-bond acceptors (Lipinski definition) is 5. The van der Waals surface area contributed by atoms with Gasteiger partial charge in [0, 0.05) is 25.7 Å². The van der Waals surface area contributed by atoms with Gasteiger partial charge in [-0.05, 0) is 44.9 Å². The zero-order valence-electron chi connectivity index (χ0n) is 13.4. The molecule has 0 amide bonds. The SMILES string of the molecule is CCN(CC)c1nc(NC)nc(-c2ccc(C)c(C)c2)n1. The smallest absolute Gasteiger partial charge is 0.230 e. The minimum absolute atomic E-state index is 0.597. The maximum Gasteiger partial charge on any atom is 0.230 e. The zero-order chi connectivity index (χ0) is 15.4. The maximum absolute atomic E-state index is 4.63. The standard InChI is InChI=1S/C16H23N5/c1-6-21(7-2)16-19-14(18-15(17-5)20-16)13-9-8-11(3)12(4)10-13/h8-10H,6-7H2,1-5H3,(H,17,18,19,20). The highest BCUT2D eigenvalue weighted by Crippen LogP contribution is 2.22. The molecule has 0 bridgehead atoms. The summed E-state index contributed by atoms with van der Waals surface area (Å²) in [4.78, 5) is 15.7. The lowest BCUT2D eigenvalue weighted by molar-refractivity contribution is 0.815. The van der Waals surface area contributed by atoms with Crippen molar-refractivity contribution in [3.8, 4) is 11.4 Å². The Kier molecular flexibility index (Phi) is 4.73. The first-order valence-electron chi connectivity index (χ1n) is 7.35. The summed E-state index contributed by atoms with van der Waals surface area (Å²) in [6.45, 7) is 10.1. The Bertz CT molecular complexity index is 620. The Morgan fingerprint density at radius 1 is 1.00 bits per heavy atom. The van der Waals surface area contributed by atoms with Crippen molar-refractivity contribution in [2.75, 3.05) is 30.4 Å². The predicted octanol–water partition coefficient (Wildman–Crippen LogP) is 3.04. The molecular weight excluding hydrogens is 262 g/mol. The third-order valence-electron chi connectivity index (χ3n) is 3.66. The molecular formula is C16H23N5. The molecule has 5 heteroatoms. The quantitative estimate of drug-likeness (QED) is 0.915. The summed E-state index contributed by atoms with van der Waals surface area (Å²) in [6, 6.07) is 6.28. The van der Waals surface area contributed by atoms with E-state index in [0.717, 1.165) is 18.7 Å². The van der Waals surface area contributed by atoms with Crippen molar-refractivity contribution in [2.45, 2.75) is 27.7 Å². The van der Waals surface area contributed by atoms with E-state index in [1.165, 1.54) is 11.1 Å². The van der Waals surface area contributed by atoms with Crippen molar-refractivity contribution in [3.63, 3.8) is 0 Å². The Morgan fingerprint density at radius 2 is 1.71 bits per heavy atom. The summed E-state index contributed by atoms with van der Waals surface area (Å²) in [5.41, 5.74) is 3.53. The zero-order valence-corrected chi connectivity index (χ0v) is 13.4. The number of aryl methyl sites for hydroxylation is 2. The van der Waals surface area contributed by atoms with Gasteiger partial charge in [-0.25, -0.2) is 0 Å². The van der Waals surface area contributed by atoms with E-state index in [9.17, 15) is 0 Å². The van der Waals surface area contributed by atoms with Gasteiger partial charge in [0.15, 0.2) is 5.82 Å². The maximum atomic E-state index is 4.63. The van der Waals surface area contributed by atoms with Crippen molar-refractivity contribution >= 4 is 11.9 Å². The van der Waals surface area contributed by atoms with Crippen molar-refractivity contribution in [1.82, 2.24) is 15.0 Å². The fraction of sp³-hybridized carbons (Fsp3) is 0.438. The van der Waals surface area contributed by atoms with Crippen LogP contribution in [0.3, 0.4) is 0 Å². The van der Waals surface area contributed by atoms with Crippen LogP contribution in [0.5, 0.6) is 0 Å². The first-order chi connectivity index (χ1) is 10.1. The number of benzene rings is 1. The largest absolute Gasteiger partial charge is 0.357 e. The molecule has 0 spiro atoms. The molecule has 1 aromatic carbocycles. The molecule has 0 fully saturated rings. The van der Waals surface area contributed by atoms with Gasteiger partial charge in [-0.1, -0.05) is 12.1 Å². The highest BCUT2D eigenvalue weighted by atomic mass is 15.3. The van der Waals surface area contributed by atoms with Crippen molar-refractivity contribution < 1.29 is 0 Å². The van der Waals surface area contributed by atoms with Gasteiger partial charge in [0.2, 0.25) is 11.9 Å². The van der Waals surface area contributed by atoms with Crippen LogP contribution in [-0.4, -0.2) is 35.1 Å². The Hall–Kier alpha value is -2.17. The van der Waals surface area contributed by atoms with Crippen molar-refractivity contribution in [1.29, 1.82) is 0 Å². The number of anilines is 2. The summed E-state index contributed by atoms with van der Waals surface area (Å²) in [5, 5.41) is 3.02. The van der Waals surface area contributed by atoms with Gasteiger partial charge in [0.05, 0.1) is 0 Å². The topological polar surface area (TPSA) is 53.9 Å². The van der Waals surface area contributed by atoms with E-state index < -0.39 is 0 Å². The minimum Gasteiger partial charge on any atom is -0.357 e. The molecule has 0 saturated heterocycles. The van der Waals surface area contributed by atoms with E-state index in [4.69, 9.17) is 0 Å². The first-order valence-corrected chi connectivity index (χ1v) is 7.35. The molecule has 0 unspecified atom stereocenters. The summed E-state index contributed by atoms with van der Waals surface area (Å²) in [6.07, 6.45) is 0. The van der Waals surface area contributed by atoms with Crippen LogP contribution in [0.15, 0.2) is 18.2 Å². The molecule has 0 aliphatic heterocycles. The van der Waals surface area contributed by atoms with E-state index in [0.29, 0.717) is 17.7 Å². The van der Waals surface area contributed by atoms with Crippen LogP contribution >= 0.6 is 0 Å². The molecule has 0 aliphatic rings. The lowest BCUT2D eigenvalue weighted by Crippen LogP contribution is -2.25. The number of nitrogens with zero attached hydrogens (tertiary/aromatic N) is 4. The lowest BCUT2D eigenvalue weighted by atomic mass is 10.1. The van der Waals surface area contributed by atoms with Crippen LogP contribution in [0.2, 0.25) is 0 Å². The van der Waals surface area contributed by atoms with Crippen LogP contribution in [0, 0.1) is 13.8 Å². The minimum atomic E-state index is 0.597. The average molecular weight is 285 g/mol. The Labute approximate surface area is 126 Å². The Balaban J connectivity index is 2.51. The fourth-order valence-electron chi connectivity index (χ4n) is 2.13. The fourth-order valence-corrected chi connectivity index (χ4v) is 2.13. The number of nitrogens with one attached hydrogen (secondary N) is 1. The second kappa shape index (κ2) is 6.52. The molecule has 0 radical (unpaired) electrons. The van der Waals surface area contributed by atoms with Gasteiger partial charge in [0.1, 0.15) is 0 Å². The summed E-state index contributed by atoms with van der Waals surface area (Å²) in [5.74, 6) is 2.02. The molecule has 1 N–H and O–H groups in total. The second-order valence-electron chi connectivity index (χ2n) is 5.00. The second-order valence-corrected chi connectivity index (χ2v) is 5.00. The average Bonchev–Trinajstić information content (AvgIpc) is 2.51. The van der Waals surface area contributed by atoms with Gasteiger partial charge in [-0.2, -0.15) is 15.0 Å². The highest BCUT2D eigenvalue weighted by molar-refractivity contribution is 5.60. The molecule has 21 heavy (non-hydrogen) atoms. The molecule has 2 aromatic rings. The van der Waals surface area contributed by atoms with Gasteiger partial charge in [0.25, 0.3) is 0 Å². The molecule has 1 heterocycles. The molecule has 2 rings (SSSR count). The first kappa shape index (κ1) is 15.2. The molecule has 1 aromatic heterocycles.